The molecule has 0 unspecified atom stereocenters. The SMILES string of the molecule is CC(C[C@H]1CC[C@H]2[C@@H]3CCC4=CC(=O)CC[C@]4(C)[C@H]3CC[C@]12C)=NO. The summed E-state index contributed by atoms with van der Waals surface area (Å²) >= 11 is 0. The minimum atomic E-state index is 0.277. The zero-order chi connectivity index (χ0) is 17.8. The third kappa shape index (κ3) is 2.52. The molecule has 0 aromatic rings. The van der Waals surface area contributed by atoms with Gasteiger partial charge in [0.25, 0.3) is 0 Å². The first kappa shape index (κ1) is 17.3. The van der Waals surface area contributed by atoms with Crippen molar-refractivity contribution in [3.63, 3.8) is 0 Å². The van der Waals surface area contributed by atoms with Gasteiger partial charge in [0.2, 0.25) is 0 Å². The molecule has 0 aromatic carbocycles. The van der Waals surface area contributed by atoms with Gasteiger partial charge in [-0.15, -0.1) is 0 Å². The Balaban J connectivity index is 1.60. The van der Waals surface area contributed by atoms with E-state index in [0.717, 1.165) is 49.1 Å². The van der Waals surface area contributed by atoms with E-state index < -0.39 is 0 Å². The quantitative estimate of drug-likeness (QED) is 0.416. The number of ketones is 1. The third-order valence-electron chi connectivity index (χ3n) is 8.87. The van der Waals surface area contributed by atoms with Crippen LogP contribution in [0.15, 0.2) is 16.8 Å². The summed E-state index contributed by atoms with van der Waals surface area (Å²) in [6.45, 7) is 6.94. The van der Waals surface area contributed by atoms with E-state index in [1.165, 1.54) is 37.7 Å². The second-order valence-corrected chi connectivity index (χ2v) is 9.83. The Morgan fingerprint density at radius 1 is 1.16 bits per heavy atom. The summed E-state index contributed by atoms with van der Waals surface area (Å²) in [5.41, 5.74) is 3.04. The van der Waals surface area contributed by atoms with E-state index in [2.05, 4.69) is 19.0 Å². The van der Waals surface area contributed by atoms with Crippen molar-refractivity contribution in [1.29, 1.82) is 0 Å². The molecule has 3 heteroatoms. The Morgan fingerprint density at radius 2 is 1.96 bits per heavy atom. The maximum Gasteiger partial charge on any atom is 0.155 e. The van der Waals surface area contributed by atoms with Gasteiger partial charge >= 0.3 is 0 Å². The van der Waals surface area contributed by atoms with Gasteiger partial charge in [-0.2, -0.15) is 0 Å². The first-order valence-corrected chi connectivity index (χ1v) is 10.3. The number of carbonyl (C=O) groups is 1. The minimum Gasteiger partial charge on any atom is -0.411 e. The van der Waals surface area contributed by atoms with Crippen LogP contribution in [-0.2, 0) is 4.79 Å². The molecular weight excluding hydrogens is 310 g/mol. The number of nitrogens with zero attached hydrogens (tertiary/aromatic N) is 1. The molecule has 1 N–H and O–H groups in total. The molecule has 4 aliphatic rings. The van der Waals surface area contributed by atoms with Crippen molar-refractivity contribution in [1.82, 2.24) is 0 Å². The Hall–Kier alpha value is -1.12. The number of fused-ring (bicyclic) bond motifs is 5. The predicted octanol–water partition coefficient (Wildman–Crippen LogP) is 5.37. The van der Waals surface area contributed by atoms with E-state index >= 15 is 0 Å². The molecular formula is C22H33NO2. The molecule has 0 aromatic heterocycles. The summed E-state index contributed by atoms with van der Waals surface area (Å²) in [6, 6.07) is 0. The molecule has 0 aliphatic heterocycles. The number of hydrogen-bond acceptors (Lipinski definition) is 3. The van der Waals surface area contributed by atoms with E-state index in [1.54, 1.807) is 0 Å². The van der Waals surface area contributed by atoms with Gasteiger partial charge in [0.1, 0.15) is 0 Å². The van der Waals surface area contributed by atoms with E-state index in [1.807, 2.05) is 13.0 Å². The summed E-state index contributed by atoms with van der Waals surface area (Å²) in [7, 11) is 0. The zero-order valence-electron chi connectivity index (χ0n) is 16.1. The Morgan fingerprint density at radius 3 is 2.72 bits per heavy atom. The van der Waals surface area contributed by atoms with Crippen LogP contribution in [0.3, 0.4) is 0 Å². The lowest BCUT2D eigenvalue weighted by Crippen LogP contribution is -2.50. The van der Waals surface area contributed by atoms with Gasteiger partial charge in [0.05, 0.1) is 5.71 Å². The van der Waals surface area contributed by atoms with Crippen LogP contribution < -0.4 is 0 Å². The fraction of sp³-hybridized carbons (Fsp3) is 0.818. The van der Waals surface area contributed by atoms with Crippen molar-refractivity contribution in [3.8, 4) is 0 Å². The number of hydrogen-bond donors (Lipinski definition) is 1. The van der Waals surface area contributed by atoms with Gasteiger partial charge in [-0.1, -0.05) is 24.6 Å². The average molecular weight is 344 g/mol. The van der Waals surface area contributed by atoms with Crippen molar-refractivity contribution < 1.29 is 10.0 Å². The van der Waals surface area contributed by atoms with Crippen molar-refractivity contribution in [2.75, 3.05) is 0 Å². The molecule has 0 bridgehead atoms. The highest BCUT2D eigenvalue weighted by molar-refractivity contribution is 5.91. The molecule has 0 saturated heterocycles. The lowest BCUT2D eigenvalue weighted by Gasteiger charge is -2.58. The zero-order valence-corrected chi connectivity index (χ0v) is 16.1. The number of carbonyl (C=O) groups excluding carboxylic acids is 1. The number of allylic oxidation sites excluding steroid dienone is 1. The van der Waals surface area contributed by atoms with Crippen molar-refractivity contribution >= 4 is 11.5 Å². The molecule has 4 aliphatic carbocycles. The number of rotatable bonds is 2. The van der Waals surface area contributed by atoms with E-state index in [-0.39, 0.29) is 5.41 Å². The van der Waals surface area contributed by atoms with Crippen LogP contribution >= 0.6 is 0 Å². The molecule has 0 amide bonds. The highest BCUT2D eigenvalue weighted by Gasteiger charge is 2.58. The van der Waals surface area contributed by atoms with Gasteiger partial charge in [-0.25, -0.2) is 0 Å². The van der Waals surface area contributed by atoms with Crippen molar-refractivity contribution in [3.05, 3.63) is 11.6 Å². The molecule has 25 heavy (non-hydrogen) atoms. The predicted molar refractivity (Wildman–Crippen MR) is 99.7 cm³/mol. The average Bonchev–Trinajstić information content (AvgIpc) is 2.92. The monoisotopic (exact) mass is 343 g/mol. The van der Waals surface area contributed by atoms with Gasteiger partial charge in [0.15, 0.2) is 5.78 Å². The number of oxime groups is 1. The normalized spacial score (nSPS) is 46.9. The molecule has 4 rings (SSSR count). The highest BCUT2D eigenvalue weighted by atomic mass is 16.4. The standard InChI is InChI=1S/C22H33NO2/c1-14(23-25)12-15-5-7-19-18-6-4-16-13-17(24)8-10-21(16,2)20(18)9-11-22(15,19)3/h13,15,18-20,25H,4-12H2,1-3H3/t15-,18+,19+,20+,21+,22-/m1/s1. The molecule has 3 saturated carbocycles. The topological polar surface area (TPSA) is 49.7 Å². The lowest BCUT2D eigenvalue weighted by atomic mass is 9.46. The van der Waals surface area contributed by atoms with Crippen LogP contribution in [0.4, 0.5) is 0 Å². The second kappa shape index (κ2) is 5.96. The van der Waals surface area contributed by atoms with Crippen molar-refractivity contribution in [2.45, 2.75) is 78.6 Å². The maximum absolute atomic E-state index is 11.9. The maximum atomic E-state index is 11.9. The Bertz CT molecular complexity index is 636. The summed E-state index contributed by atoms with van der Waals surface area (Å²) in [4.78, 5) is 11.9. The largest absolute Gasteiger partial charge is 0.411 e. The molecule has 0 heterocycles. The van der Waals surface area contributed by atoms with Crippen LogP contribution in [0.5, 0.6) is 0 Å². The van der Waals surface area contributed by atoms with Crippen molar-refractivity contribution in [2.24, 2.45) is 39.7 Å². The molecule has 138 valence electrons. The summed E-state index contributed by atoms with van der Waals surface area (Å²) in [5.74, 6) is 3.44. The first-order chi connectivity index (χ1) is 11.9. The first-order valence-electron chi connectivity index (χ1n) is 10.3. The summed E-state index contributed by atoms with van der Waals surface area (Å²) in [5, 5.41) is 12.6. The van der Waals surface area contributed by atoms with Crippen LogP contribution in [0.2, 0.25) is 0 Å². The Kier molecular flexibility index (Phi) is 4.12. The molecule has 0 spiro atoms. The van der Waals surface area contributed by atoms with Gasteiger partial charge in [-0.05, 0) is 98.9 Å². The third-order valence-corrected chi connectivity index (χ3v) is 8.87. The second-order valence-electron chi connectivity index (χ2n) is 9.83. The van der Waals surface area contributed by atoms with E-state index in [0.29, 0.717) is 17.1 Å². The molecule has 0 radical (unpaired) electrons. The van der Waals surface area contributed by atoms with E-state index in [9.17, 15) is 4.79 Å². The van der Waals surface area contributed by atoms with Crippen LogP contribution in [0.1, 0.15) is 78.6 Å². The fourth-order valence-corrected chi connectivity index (χ4v) is 7.40. The van der Waals surface area contributed by atoms with Gasteiger partial charge < -0.3 is 5.21 Å². The summed E-state index contributed by atoms with van der Waals surface area (Å²) in [6.07, 6.45) is 12.4. The molecule has 3 fully saturated rings. The summed E-state index contributed by atoms with van der Waals surface area (Å²) < 4.78 is 0. The van der Waals surface area contributed by atoms with Crippen LogP contribution in [0, 0.1) is 34.5 Å². The van der Waals surface area contributed by atoms with Crippen LogP contribution in [0.25, 0.3) is 0 Å². The van der Waals surface area contributed by atoms with Gasteiger partial charge in [0, 0.05) is 6.42 Å². The smallest absolute Gasteiger partial charge is 0.155 e. The van der Waals surface area contributed by atoms with Gasteiger partial charge in [-0.3, -0.25) is 4.79 Å². The lowest BCUT2D eigenvalue weighted by molar-refractivity contribution is -0.117. The minimum absolute atomic E-state index is 0.277. The highest BCUT2D eigenvalue weighted by Crippen LogP contribution is 2.67. The van der Waals surface area contributed by atoms with Crippen LogP contribution in [-0.4, -0.2) is 16.7 Å². The molecule has 6 atom stereocenters. The molecule has 3 nitrogen and oxygen atoms in total. The fourth-order valence-electron chi connectivity index (χ4n) is 7.40. The Labute approximate surface area is 151 Å². The van der Waals surface area contributed by atoms with E-state index in [4.69, 9.17) is 5.21 Å².